The summed E-state index contributed by atoms with van der Waals surface area (Å²) in [5, 5.41) is 0. The second-order valence-corrected chi connectivity index (χ2v) is 8.86. The van der Waals surface area contributed by atoms with Gasteiger partial charge >= 0.3 is 12.1 Å². The minimum atomic E-state index is -4.42. The van der Waals surface area contributed by atoms with Gasteiger partial charge in [-0.25, -0.2) is 9.78 Å². The second-order valence-electron chi connectivity index (χ2n) is 8.86. The van der Waals surface area contributed by atoms with Gasteiger partial charge in [-0.05, 0) is 59.0 Å². The van der Waals surface area contributed by atoms with Crippen LogP contribution >= 0.6 is 0 Å². The summed E-state index contributed by atoms with van der Waals surface area (Å²) >= 11 is 0. The number of benzene rings is 3. The lowest BCUT2D eigenvalue weighted by molar-refractivity contribution is -0.137. The van der Waals surface area contributed by atoms with E-state index in [9.17, 15) is 18.0 Å². The van der Waals surface area contributed by atoms with Crippen LogP contribution in [0.3, 0.4) is 0 Å². The first-order valence-electron chi connectivity index (χ1n) is 11.6. The largest absolute Gasteiger partial charge is 0.423 e. The Labute approximate surface area is 206 Å². The van der Waals surface area contributed by atoms with Crippen LogP contribution in [0.25, 0.3) is 11.1 Å². The molecule has 0 aliphatic carbocycles. The molecule has 0 amide bonds. The average Bonchev–Trinajstić information content (AvgIpc) is 3.27. The number of hydrogen-bond donors (Lipinski definition) is 0. The topological polar surface area (TPSA) is 47.4 Å². The molecule has 0 N–H and O–H groups in total. The molecule has 5 rings (SSSR count). The number of aryl methyl sites for hydroxylation is 1. The summed E-state index contributed by atoms with van der Waals surface area (Å²) in [5.74, 6) is 0.895. The van der Waals surface area contributed by atoms with Crippen LogP contribution in [0.2, 0.25) is 0 Å². The molecule has 184 valence electrons. The third-order valence-corrected chi connectivity index (χ3v) is 6.44. The fourth-order valence-electron chi connectivity index (χ4n) is 4.45. The van der Waals surface area contributed by atoms with E-state index in [1.165, 1.54) is 17.7 Å². The standard InChI is InChI=1S/C28H24F3N3O2/c1-33-15-13-32-26(33)18-34-14-12-20-16-23(11-8-21(20)17-34)36-27(35)25-5-3-2-4-24(25)19-6-9-22(10-7-19)28(29,30)31/h2-11,13,15-16H,12,14,17-18H2,1H3. The summed E-state index contributed by atoms with van der Waals surface area (Å²) in [6, 6.07) is 17.2. The Morgan fingerprint density at radius 2 is 1.81 bits per heavy atom. The third-order valence-electron chi connectivity index (χ3n) is 6.44. The van der Waals surface area contributed by atoms with Gasteiger partial charge in [-0.15, -0.1) is 0 Å². The molecule has 0 unspecified atom stereocenters. The van der Waals surface area contributed by atoms with Gasteiger partial charge in [0, 0.05) is 32.5 Å². The molecule has 1 aliphatic rings. The van der Waals surface area contributed by atoms with Crippen molar-refractivity contribution in [2.24, 2.45) is 7.05 Å². The predicted octanol–water partition coefficient (Wildman–Crippen LogP) is 5.88. The maximum atomic E-state index is 13.0. The molecule has 0 saturated carbocycles. The molecule has 5 nitrogen and oxygen atoms in total. The van der Waals surface area contributed by atoms with Gasteiger partial charge < -0.3 is 9.30 Å². The highest BCUT2D eigenvalue weighted by Crippen LogP contribution is 2.32. The van der Waals surface area contributed by atoms with Gasteiger partial charge in [0.05, 0.1) is 17.7 Å². The first-order valence-corrected chi connectivity index (χ1v) is 11.6. The van der Waals surface area contributed by atoms with E-state index in [2.05, 4.69) is 9.88 Å². The summed E-state index contributed by atoms with van der Waals surface area (Å²) in [7, 11) is 1.98. The van der Waals surface area contributed by atoms with Crippen LogP contribution < -0.4 is 4.74 Å². The Balaban J connectivity index is 1.31. The number of nitrogens with zero attached hydrogens (tertiary/aromatic N) is 3. The first kappa shape index (κ1) is 23.8. The van der Waals surface area contributed by atoms with Crippen molar-refractivity contribution in [1.82, 2.24) is 14.5 Å². The summed E-state index contributed by atoms with van der Waals surface area (Å²) in [6.07, 6.45) is 0.138. The highest BCUT2D eigenvalue weighted by molar-refractivity contribution is 5.98. The van der Waals surface area contributed by atoms with Crippen LogP contribution in [0.15, 0.2) is 79.1 Å². The molecule has 0 fully saturated rings. The number of halogens is 3. The fraction of sp³-hybridized carbons (Fsp3) is 0.214. The number of ether oxygens (including phenoxy) is 1. The zero-order valence-electron chi connectivity index (χ0n) is 19.6. The number of esters is 1. The highest BCUT2D eigenvalue weighted by Gasteiger charge is 2.30. The van der Waals surface area contributed by atoms with E-state index in [1.54, 1.807) is 36.5 Å². The van der Waals surface area contributed by atoms with Crippen molar-refractivity contribution in [2.45, 2.75) is 25.7 Å². The van der Waals surface area contributed by atoms with Crippen LogP contribution in [-0.2, 0) is 32.7 Å². The molecule has 0 radical (unpaired) electrons. The molecule has 0 bridgehead atoms. The van der Waals surface area contributed by atoms with Crippen molar-refractivity contribution in [2.75, 3.05) is 6.54 Å². The normalized spacial score (nSPS) is 13.9. The minimum absolute atomic E-state index is 0.288. The van der Waals surface area contributed by atoms with Crippen LogP contribution in [-0.4, -0.2) is 27.0 Å². The molecule has 0 saturated heterocycles. The van der Waals surface area contributed by atoms with Crippen LogP contribution in [0.4, 0.5) is 13.2 Å². The number of imidazole rings is 1. The molecule has 1 aromatic heterocycles. The maximum absolute atomic E-state index is 13.0. The number of carbonyl (C=O) groups excluding carboxylic acids is 1. The molecule has 8 heteroatoms. The summed E-state index contributed by atoms with van der Waals surface area (Å²) in [4.78, 5) is 19.8. The van der Waals surface area contributed by atoms with Crippen molar-refractivity contribution in [3.05, 3.63) is 107 Å². The molecule has 0 spiro atoms. The van der Waals surface area contributed by atoms with Gasteiger partial charge in [0.25, 0.3) is 0 Å². The molecule has 2 heterocycles. The zero-order valence-corrected chi connectivity index (χ0v) is 19.6. The molecular weight excluding hydrogens is 467 g/mol. The molecule has 0 atom stereocenters. The van der Waals surface area contributed by atoms with Crippen molar-refractivity contribution in [3.63, 3.8) is 0 Å². The van der Waals surface area contributed by atoms with Crippen molar-refractivity contribution in [3.8, 4) is 16.9 Å². The number of rotatable bonds is 5. The smallest absolute Gasteiger partial charge is 0.416 e. The van der Waals surface area contributed by atoms with E-state index in [0.29, 0.717) is 16.9 Å². The van der Waals surface area contributed by atoms with Crippen molar-refractivity contribution in [1.29, 1.82) is 0 Å². The lowest BCUT2D eigenvalue weighted by atomic mass is 9.98. The molecule has 36 heavy (non-hydrogen) atoms. The molecule has 1 aliphatic heterocycles. The Morgan fingerprint density at radius 3 is 2.53 bits per heavy atom. The van der Waals surface area contributed by atoms with E-state index in [-0.39, 0.29) is 5.56 Å². The summed E-state index contributed by atoms with van der Waals surface area (Å²) in [5.41, 5.74) is 2.89. The Hall–Kier alpha value is -3.91. The van der Waals surface area contributed by atoms with E-state index in [1.807, 2.05) is 29.9 Å². The Bertz CT molecular complexity index is 1390. The fourth-order valence-corrected chi connectivity index (χ4v) is 4.45. The second kappa shape index (κ2) is 9.62. The number of carbonyl (C=O) groups is 1. The molecular formula is C28H24F3N3O2. The monoisotopic (exact) mass is 491 g/mol. The van der Waals surface area contributed by atoms with E-state index < -0.39 is 17.7 Å². The Kier molecular flexibility index (Phi) is 6.36. The quantitative estimate of drug-likeness (QED) is 0.258. The molecule has 4 aromatic rings. The average molecular weight is 492 g/mol. The van der Waals surface area contributed by atoms with Gasteiger partial charge in [-0.1, -0.05) is 36.4 Å². The van der Waals surface area contributed by atoms with Crippen LogP contribution in [0, 0.1) is 0 Å². The minimum Gasteiger partial charge on any atom is -0.423 e. The van der Waals surface area contributed by atoms with Crippen molar-refractivity contribution < 1.29 is 22.7 Å². The van der Waals surface area contributed by atoms with E-state index >= 15 is 0 Å². The Morgan fingerprint density at radius 1 is 1.03 bits per heavy atom. The third kappa shape index (κ3) is 5.04. The van der Waals surface area contributed by atoms with Gasteiger partial charge in [0.15, 0.2) is 0 Å². The number of hydrogen-bond acceptors (Lipinski definition) is 4. The number of alkyl halides is 3. The lowest BCUT2D eigenvalue weighted by Crippen LogP contribution is -2.31. The summed E-state index contributed by atoms with van der Waals surface area (Å²) < 4.78 is 46.5. The number of fused-ring (bicyclic) bond motifs is 1. The van der Waals surface area contributed by atoms with Gasteiger partial charge in [-0.3, -0.25) is 4.90 Å². The van der Waals surface area contributed by atoms with Gasteiger partial charge in [0.1, 0.15) is 11.6 Å². The maximum Gasteiger partial charge on any atom is 0.416 e. The van der Waals surface area contributed by atoms with Gasteiger partial charge in [-0.2, -0.15) is 13.2 Å². The predicted molar refractivity (Wildman–Crippen MR) is 129 cm³/mol. The zero-order chi connectivity index (χ0) is 25.3. The van der Waals surface area contributed by atoms with E-state index in [4.69, 9.17) is 4.74 Å². The molecule has 3 aromatic carbocycles. The summed E-state index contributed by atoms with van der Waals surface area (Å²) in [6.45, 7) is 2.42. The van der Waals surface area contributed by atoms with Crippen molar-refractivity contribution >= 4 is 5.97 Å². The van der Waals surface area contributed by atoms with Crippen LogP contribution in [0.5, 0.6) is 5.75 Å². The SMILES string of the molecule is Cn1ccnc1CN1CCc2cc(OC(=O)c3ccccc3-c3ccc(C(F)(F)F)cc3)ccc2C1. The first-order chi connectivity index (χ1) is 17.3. The number of aromatic nitrogens is 2. The van der Waals surface area contributed by atoms with Crippen LogP contribution in [0.1, 0.15) is 32.9 Å². The lowest BCUT2D eigenvalue weighted by Gasteiger charge is -2.28. The van der Waals surface area contributed by atoms with Gasteiger partial charge in [0.2, 0.25) is 0 Å². The van der Waals surface area contributed by atoms with E-state index in [0.717, 1.165) is 49.6 Å². The highest BCUT2D eigenvalue weighted by atomic mass is 19.4.